The maximum Gasteiger partial charge on any atom is 0.318 e. The molecule has 0 radical (unpaired) electrons. The van der Waals surface area contributed by atoms with Crippen molar-refractivity contribution in [3.8, 4) is 5.75 Å². The average Bonchev–Trinajstić information content (AvgIpc) is 3.41. The summed E-state index contributed by atoms with van der Waals surface area (Å²) < 4.78 is 31.4. The van der Waals surface area contributed by atoms with Gasteiger partial charge in [-0.3, -0.25) is 4.90 Å². The lowest BCUT2D eigenvalue weighted by atomic mass is 9.86. The molecule has 1 spiro atoms. The lowest BCUT2D eigenvalue weighted by Crippen LogP contribution is -2.62. The molecule has 2 aromatic rings. The largest absolute Gasteiger partial charge is 0.490 e. The third-order valence-electron chi connectivity index (χ3n) is 6.81. The standard InChI is InChI=1S/C23H31FN4O4/c1-22(2,29)14-30-20-4-3-17(24)9-19(20)16-5-7-27(8-6-16)18-10-23(32-11-18)12-28(13-23)21-26-25-15-31-21/h3-4,9,15-16,18,29H,5-8,10-14H2,1-2H3. The quantitative estimate of drug-likeness (QED) is 0.725. The summed E-state index contributed by atoms with van der Waals surface area (Å²) in [7, 11) is 0. The lowest BCUT2D eigenvalue weighted by molar-refractivity contribution is -0.0216. The molecule has 3 aliphatic rings. The number of anilines is 1. The van der Waals surface area contributed by atoms with Gasteiger partial charge in [0.1, 0.15) is 23.8 Å². The van der Waals surface area contributed by atoms with Crippen LogP contribution < -0.4 is 9.64 Å². The van der Waals surface area contributed by atoms with E-state index in [4.69, 9.17) is 13.9 Å². The molecule has 3 fully saturated rings. The summed E-state index contributed by atoms with van der Waals surface area (Å²) in [5.74, 6) is 0.664. The fourth-order valence-corrected chi connectivity index (χ4v) is 5.16. The highest BCUT2D eigenvalue weighted by Crippen LogP contribution is 2.41. The van der Waals surface area contributed by atoms with E-state index in [0.29, 0.717) is 17.8 Å². The molecule has 1 N–H and O–H groups in total. The summed E-state index contributed by atoms with van der Waals surface area (Å²) in [4.78, 5) is 4.57. The molecule has 8 nitrogen and oxygen atoms in total. The molecule has 1 atom stereocenters. The zero-order chi connectivity index (χ0) is 22.3. The van der Waals surface area contributed by atoms with Crippen LogP contribution in [0.5, 0.6) is 5.75 Å². The number of benzene rings is 1. The fourth-order valence-electron chi connectivity index (χ4n) is 5.16. The number of ether oxygens (including phenoxy) is 2. The molecule has 1 aromatic carbocycles. The summed E-state index contributed by atoms with van der Waals surface area (Å²) in [6.45, 7) is 7.78. The topological polar surface area (TPSA) is 84.1 Å². The Morgan fingerprint density at radius 2 is 2.06 bits per heavy atom. The summed E-state index contributed by atoms with van der Waals surface area (Å²) in [6, 6.07) is 5.65. The Morgan fingerprint density at radius 3 is 2.75 bits per heavy atom. The minimum Gasteiger partial charge on any atom is -0.490 e. The normalized spacial score (nSPS) is 24.1. The van der Waals surface area contributed by atoms with Crippen LogP contribution in [0.25, 0.3) is 0 Å². The van der Waals surface area contributed by atoms with Gasteiger partial charge in [-0.15, -0.1) is 5.10 Å². The van der Waals surface area contributed by atoms with Gasteiger partial charge < -0.3 is 23.9 Å². The maximum atomic E-state index is 14.0. The Bertz CT molecular complexity index is 919. The van der Waals surface area contributed by atoms with E-state index in [1.807, 2.05) is 0 Å². The molecule has 4 heterocycles. The summed E-state index contributed by atoms with van der Waals surface area (Å²) in [6.07, 6.45) is 4.24. The van der Waals surface area contributed by atoms with Crippen LogP contribution in [0.2, 0.25) is 0 Å². The summed E-state index contributed by atoms with van der Waals surface area (Å²) in [5, 5.41) is 17.7. The molecule has 0 aliphatic carbocycles. The number of piperidine rings is 1. The third-order valence-corrected chi connectivity index (χ3v) is 6.81. The monoisotopic (exact) mass is 446 g/mol. The van der Waals surface area contributed by atoms with Gasteiger partial charge in [-0.05, 0) is 70.3 Å². The smallest absolute Gasteiger partial charge is 0.318 e. The van der Waals surface area contributed by atoms with Gasteiger partial charge in [0.2, 0.25) is 6.39 Å². The highest BCUT2D eigenvalue weighted by atomic mass is 19.1. The van der Waals surface area contributed by atoms with Gasteiger partial charge in [0.25, 0.3) is 0 Å². The molecule has 9 heteroatoms. The number of aromatic nitrogens is 2. The summed E-state index contributed by atoms with van der Waals surface area (Å²) in [5.41, 5.74) is -0.146. The van der Waals surface area contributed by atoms with E-state index in [2.05, 4.69) is 20.0 Å². The maximum absolute atomic E-state index is 14.0. The van der Waals surface area contributed by atoms with Crippen molar-refractivity contribution in [2.45, 2.75) is 56.3 Å². The van der Waals surface area contributed by atoms with Crippen LogP contribution in [0.3, 0.4) is 0 Å². The van der Waals surface area contributed by atoms with Crippen LogP contribution in [0, 0.1) is 5.82 Å². The van der Waals surface area contributed by atoms with Crippen molar-refractivity contribution in [2.24, 2.45) is 0 Å². The molecule has 174 valence electrons. The Balaban J connectivity index is 1.16. The molecule has 0 bridgehead atoms. The van der Waals surface area contributed by atoms with Crippen molar-refractivity contribution in [3.05, 3.63) is 36.0 Å². The number of aliphatic hydroxyl groups is 1. The first-order valence-electron chi connectivity index (χ1n) is 11.3. The average molecular weight is 447 g/mol. The second kappa shape index (κ2) is 8.28. The van der Waals surface area contributed by atoms with E-state index in [1.54, 1.807) is 26.0 Å². The minimum absolute atomic E-state index is 0.114. The van der Waals surface area contributed by atoms with Crippen LogP contribution in [0.1, 0.15) is 44.6 Å². The Labute approximate surface area is 187 Å². The molecule has 0 amide bonds. The Kier molecular flexibility index (Phi) is 5.59. The SMILES string of the molecule is CC(C)(O)COc1ccc(F)cc1C1CCN(C2COC3(C2)CN(c2nnco2)C3)CC1. The van der Waals surface area contributed by atoms with Gasteiger partial charge in [-0.2, -0.15) is 0 Å². The van der Waals surface area contributed by atoms with E-state index >= 15 is 0 Å². The predicted molar refractivity (Wildman–Crippen MR) is 115 cm³/mol. The van der Waals surface area contributed by atoms with Crippen LogP contribution in [-0.4, -0.2) is 76.8 Å². The van der Waals surface area contributed by atoms with Crippen molar-refractivity contribution in [1.82, 2.24) is 15.1 Å². The first kappa shape index (κ1) is 21.6. The minimum atomic E-state index is -0.936. The molecular weight excluding hydrogens is 415 g/mol. The van der Waals surface area contributed by atoms with Crippen molar-refractivity contribution >= 4 is 6.01 Å². The second-order valence-electron chi connectivity index (χ2n) is 10.0. The molecule has 1 unspecified atom stereocenters. The highest BCUT2D eigenvalue weighted by Gasteiger charge is 2.52. The summed E-state index contributed by atoms with van der Waals surface area (Å²) >= 11 is 0. The van der Waals surface area contributed by atoms with Gasteiger partial charge >= 0.3 is 6.01 Å². The van der Waals surface area contributed by atoms with E-state index < -0.39 is 5.60 Å². The molecule has 3 aliphatic heterocycles. The second-order valence-corrected chi connectivity index (χ2v) is 10.0. The van der Waals surface area contributed by atoms with Crippen LogP contribution >= 0.6 is 0 Å². The van der Waals surface area contributed by atoms with E-state index in [0.717, 1.165) is 57.6 Å². The van der Waals surface area contributed by atoms with Gasteiger partial charge in [0.15, 0.2) is 0 Å². The number of halogens is 1. The third kappa shape index (κ3) is 4.46. The van der Waals surface area contributed by atoms with Crippen molar-refractivity contribution in [1.29, 1.82) is 0 Å². The van der Waals surface area contributed by atoms with E-state index in [1.165, 1.54) is 12.5 Å². The lowest BCUT2D eigenvalue weighted by Gasteiger charge is -2.46. The van der Waals surface area contributed by atoms with Crippen LogP contribution in [-0.2, 0) is 4.74 Å². The number of rotatable bonds is 6. The number of nitrogens with zero attached hydrogens (tertiary/aromatic N) is 4. The molecule has 3 saturated heterocycles. The molecular formula is C23H31FN4O4. The highest BCUT2D eigenvalue weighted by molar-refractivity contribution is 5.37. The van der Waals surface area contributed by atoms with Gasteiger partial charge in [-0.1, -0.05) is 5.10 Å². The zero-order valence-electron chi connectivity index (χ0n) is 18.7. The number of hydrogen-bond acceptors (Lipinski definition) is 8. The van der Waals surface area contributed by atoms with Crippen molar-refractivity contribution in [3.63, 3.8) is 0 Å². The van der Waals surface area contributed by atoms with Gasteiger partial charge in [0, 0.05) is 11.6 Å². The molecule has 32 heavy (non-hydrogen) atoms. The number of likely N-dealkylation sites (tertiary alicyclic amines) is 1. The molecule has 1 aromatic heterocycles. The fraction of sp³-hybridized carbons (Fsp3) is 0.652. The first-order chi connectivity index (χ1) is 15.3. The molecule has 5 rings (SSSR count). The van der Waals surface area contributed by atoms with E-state index in [9.17, 15) is 9.50 Å². The van der Waals surface area contributed by atoms with E-state index in [-0.39, 0.29) is 23.9 Å². The Hall–Kier alpha value is -2.23. The van der Waals surface area contributed by atoms with Crippen molar-refractivity contribution in [2.75, 3.05) is 44.3 Å². The Morgan fingerprint density at radius 1 is 1.28 bits per heavy atom. The first-order valence-corrected chi connectivity index (χ1v) is 11.3. The van der Waals surface area contributed by atoms with Crippen LogP contribution in [0.4, 0.5) is 10.4 Å². The van der Waals surface area contributed by atoms with Gasteiger partial charge in [-0.25, -0.2) is 4.39 Å². The van der Waals surface area contributed by atoms with Gasteiger partial charge in [0.05, 0.1) is 25.3 Å². The van der Waals surface area contributed by atoms with Crippen LogP contribution in [0.15, 0.2) is 29.0 Å². The number of hydrogen-bond donors (Lipinski definition) is 1. The molecule has 0 saturated carbocycles. The predicted octanol–water partition coefficient (Wildman–Crippen LogP) is 2.59. The van der Waals surface area contributed by atoms with Crippen molar-refractivity contribution < 1.29 is 23.4 Å². The zero-order valence-corrected chi connectivity index (χ0v) is 18.7.